The third-order valence-corrected chi connectivity index (χ3v) is 5.01. The minimum Gasteiger partial charge on any atom is -0.451 e. The quantitative estimate of drug-likeness (QED) is 0.487. The van der Waals surface area contributed by atoms with E-state index in [1.165, 1.54) is 13.8 Å². The van der Waals surface area contributed by atoms with Crippen molar-refractivity contribution in [2.24, 2.45) is 0 Å². The zero-order valence-corrected chi connectivity index (χ0v) is 17.9. The van der Waals surface area contributed by atoms with Crippen LogP contribution in [0.15, 0.2) is 54.7 Å². The van der Waals surface area contributed by atoms with Crippen molar-refractivity contribution >= 4 is 28.7 Å². The van der Waals surface area contributed by atoms with Crippen LogP contribution < -0.4 is 10.6 Å². The highest BCUT2D eigenvalue weighted by molar-refractivity contribution is 5.88. The number of aryl methyl sites for hydroxylation is 1. The van der Waals surface area contributed by atoms with Crippen LogP contribution in [0, 0.1) is 6.92 Å². The Bertz CT molecular complexity index is 1070. The van der Waals surface area contributed by atoms with Gasteiger partial charge < -0.3 is 20.4 Å². The predicted molar refractivity (Wildman–Crippen MR) is 118 cm³/mol. The Kier molecular flexibility index (Phi) is 7.07. The lowest BCUT2D eigenvalue weighted by molar-refractivity contribution is -0.157. The predicted octanol–water partition coefficient (Wildman–Crippen LogP) is 2.77. The number of carbonyl (C=O) groups excluding carboxylic acids is 3. The minimum atomic E-state index is -0.989. The summed E-state index contributed by atoms with van der Waals surface area (Å²) in [5, 5.41) is 6.36. The smallest absolute Gasteiger partial charge is 0.329 e. The number of amides is 2. The number of fused-ring (bicyclic) bond motifs is 1. The summed E-state index contributed by atoms with van der Waals surface area (Å²) in [5.74, 6) is -1.40. The molecule has 2 amide bonds. The highest BCUT2D eigenvalue weighted by Gasteiger charge is 2.26. The van der Waals surface area contributed by atoms with Gasteiger partial charge in [0, 0.05) is 37.0 Å². The molecule has 2 atom stereocenters. The van der Waals surface area contributed by atoms with Gasteiger partial charge in [0.05, 0.1) is 0 Å². The van der Waals surface area contributed by atoms with Crippen molar-refractivity contribution in [3.8, 4) is 0 Å². The second kappa shape index (κ2) is 9.93. The Morgan fingerprint density at radius 3 is 2.48 bits per heavy atom. The molecule has 31 heavy (non-hydrogen) atoms. The van der Waals surface area contributed by atoms with Crippen LogP contribution in [-0.4, -0.2) is 34.9 Å². The van der Waals surface area contributed by atoms with Crippen molar-refractivity contribution in [1.29, 1.82) is 0 Å². The lowest BCUT2D eigenvalue weighted by atomic mass is 10.0. The number of ether oxygens (including phenoxy) is 1. The molecule has 1 aromatic heterocycles. The van der Waals surface area contributed by atoms with Gasteiger partial charge in [-0.2, -0.15) is 0 Å². The van der Waals surface area contributed by atoms with Crippen molar-refractivity contribution in [2.45, 2.75) is 45.9 Å². The SMILES string of the molecule is CC(=O)N[C@@H](Cc1c[nH]c2ccccc12)C(=O)O[C@@H](C)C(=O)NCc1ccc(C)cc1. The van der Waals surface area contributed by atoms with Crippen LogP contribution in [0.2, 0.25) is 0 Å². The first kappa shape index (κ1) is 22.1. The fourth-order valence-corrected chi connectivity index (χ4v) is 3.31. The summed E-state index contributed by atoms with van der Waals surface area (Å²) < 4.78 is 5.37. The van der Waals surface area contributed by atoms with Gasteiger partial charge in [0.2, 0.25) is 5.91 Å². The molecular formula is C24H27N3O4. The molecule has 0 unspecified atom stereocenters. The maximum absolute atomic E-state index is 12.7. The standard InChI is InChI=1S/C24H27N3O4/c1-15-8-10-18(11-9-15)13-26-23(29)16(2)31-24(30)22(27-17(3)28)12-19-14-25-21-7-5-4-6-20(19)21/h4-11,14,16,22,25H,12-13H2,1-3H3,(H,26,29)(H,27,28)/t16-,22-/m0/s1. The monoisotopic (exact) mass is 421 g/mol. The first-order valence-electron chi connectivity index (χ1n) is 10.2. The topological polar surface area (TPSA) is 100 Å². The van der Waals surface area contributed by atoms with E-state index in [2.05, 4.69) is 15.6 Å². The van der Waals surface area contributed by atoms with Gasteiger partial charge in [0.1, 0.15) is 6.04 Å². The normalized spacial score (nSPS) is 12.7. The second-order valence-electron chi connectivity index (χ2n) is 7.60. The lowest BCUT2D eigenvalue weighted by Crippen LogP contribution is -2.45. The molecule has 0 bridgehead atoms. The highest BCUT2D eigenvalue weighted by Crippen LogP contribution is 2.19. The van der Waals surface area contributed by atoms with E-state index in [-0.39, 0.29) is 12.3 Å². The van der Waals surface area contributed by atoms with Gasteiger partial charge >= 0.3 is 5.97 Å². The van der Waals surface area contributed by atoms with Crippen LogP contribution in [0.4, 0.5) is 0 Å². The third-order valence-electron chi connectivity index (χ3n) is 5.01. The van der Waals surface area contributed by atoms with Gasteiger partial charge in [-0.1, -0.05) is 48.0 Å². The number of esters is 1. The molecule has 1 heterocycles. The van der Waals surface area contributed by atoms with Gasteiger partial charge in [0.15, 0.2) is 6.10 Å². The molecule has 0 fully saturated rings. The molecule has 0 saturated carbocycles. The molecule has 0 aliphatic rings. The van der Waals surface area contributed by atoms with Gasteiger partial charge in [-0.3, -0.25) is 9.59 Å². The van der Waals surface area contributed by atoms with E-state index in [4.69, 9.17) is 4.74 Å². The van der Waals surface area contributed by atoms with E-state index in [9.17, 15) is 14.4 Å². The fraction of sp³-hybridized carbons (Fsp3) is 0.292. The number of H-pyrrole nitrogens is 1. The molecule has 0 radical (unpaired) electrons. The molecular weight excluding hydrogens is 394 g/mol. The van der Waals surface area contributed by atoms with E-state index in [1.807, 2.05) is 61.7 Å². The van der Waals surface area contributed by atoms with Crippen molar-refractivity contribution in [3.05, 3.63) is 71.4 Å². The maximum Gasteiger partial charge on any atom is 0.329 e. The number of aromatic amines is 1. The van der Waals surface area contributed by atoms with Gasteiger partial charge in [-0.15, -0.1) is 0 Å². The fourth-order valence-electron chi connectivity index (χ4n) is 3.31. The third kappa shape index (κ3) is 5.94. The number of benzene rings is 2. The number of hydrogen-bond donors (Lipinski definition) is 3. The highest BCUT2D eigenvalue weighted by atomic mass is 16.5. The molecule has 3 rings (SSSR count). The molecule has 162 valence electrons. The average molecular weight is 421 g/mol. The van der Waals surface area contributed by atoms with Gasteiger partial charge in [-0.05, 0) is 31.0 Å². The van der Waals surface area contributed by atoms with Crippen molar-refractivity contribution in [3.63, 3.8) is 0 Å². The summed E-state index contributed by atoms with van der Waals surface area (Å²) in [6.07, 6.45) is 1.07. The Hall–Kier alpha value is -3.61. The Labute approximate surface area is 181 Å². The van der Waals surface area contributed by atoms with Crippen LogP contribution in [0.5, 0.6) is 0 Å². The summed E-state index contributed by atoms with van der Waals surface area (Å²) >= 11 is 0. The molecule has 0 saturated heterocycles. The van der Waals surface area contributed by atoms with E-state index in [0.717, 1.165) is 27.6 Å². The summed E-state index contributed by atoms with van der Waals surface area (Å²) in [6, 6.07) is 14.6. The van der Waals surface area contributed by atoms with E-state index in [1.54, 1.807) is 0 Å². The molecule has 0 aliphatic carbocycles. The number of para-hydroxylation sites is 1. The van der Waals surface area contributed by atoms with Gasteiger partial charge in [-0.25, -0.2) is 4.79 Å². The molecule has 0 aliphatic heterocycles. The van der Waals surface area contributed by atoms with E-state index in [0.29, 0.717) is 6.54 Å². The van der Waals surface area contributed by atoms with Crippen molar-refractivity contribution in [1.82, 2.24) is 15.6 Å². The first-order chi connectivity index (χ1) is 14.8. The number of rotatable bonds is 8. The summed E-state index contributed by atoms with van der Waals surface area (Å²) in [5.41, 5.74) is 3.91. The molecule has 3 N–H and O–H groups in total. The number of aromatic nitrogens is 1. The number of nitrogens with one attached hydrogen (secondary N) is 3. The van der Waals surface area contributed by atoms with Gasteiger partial charge in [0.25, 0.3) is 5.91 Å². The molecule has 7 heteroatoms. The van der Waals surface area contributed by atoms with E-state index >= 15 is 0 Å². The molecule has 7 nitrogen and oxygen atoms in total. The van der Waals surface area contributed by atoms with Crippen LogP contribution >= 0.6 is 0 Å². The lowest BCUT2D eigenvalue weighted by Gasteiger charge is -2.20. The molecule has 2 aromatic carbocycles. The molecule has 3 aromatic rings. The van der Waals surface area contributed by atoms with Crippen molar-refractivity contribution < 1.29 is 19.1 Å². The largest absolute Gasteiger partial charge is 0.451 e. The zero-order valence-electron chi connectivity index (χ0n) is 17.9. The summed E-state index contributed by atoms with van der Waals surface area (Å²) in [7, 11) is 0. The first-order valence-corrected chi connectivity index (χ1v) is 10.2. The summed E-state index contributed by atoms with van der Waals surface area (Å²) in [6.45, 7) is 5.18. The number of carbonyl (C=O) groups is 3. The Morgan fingerprint density at radius 1 is 1.06 bits per heavy atom. The van der Waals surface area contributed by atoms with Crippen molar-refractivity contribution in [2.75, 3.05) is 0 Å². The summed E-state index contributed by atoms with van der Waals surface area (Å²) in [4.78, 5) is 39.9. The van der Waals surface area contributed by atoms with Crippen LogP contribution in [0.25, 0.3) is 10.9 Å². The average Bonchev–Trinajstić information content (AvgIpc) is 3.15. The van der Waals surface area contributed by atoms with E-state index < -0.39 is 24.0 Å². The van der Waals surface area contributed by atoms with Crippen LogP contribution in [-0.2, 0) is 32.1 Å². The maximum atomic E-state index is 12.7. The molecule has 0 spiro atoms. The number of hydrogen-bond acceptors (Lipinski definition) is 4. The Morgan fingerprint density at radius 2 is 1.77 bits per heavy atom. The zero-order chi connectivity index (χ0) is 22.4. The Balaban J connectivity index is 1.61. The van der Waals surface area contributed by atoms with Crippen LogP contribution in [0.3, 0.4) is 0 Å². The second-order valence-corrected chi connectivity index (χ2v) is 7.60. The minimum absolute atomic E-state index is 0.250. The van der Waals surface area contributed by atoms with Crippen LogP contribution in [0.1, 0.15) is 30.5 Å².